The van der Waals surface area contributed by atoms with Gasteiger partial charge in [0.15, 0.2) is 0 Å². The van der Waals surface area contributed by atoms with Crippen LogP contribution in [0, 0.1) is 17.2 Å². The molecule has 5 nitrogen and oxygen atoms in total. The maximum absolute atomic E-state index is 12.7. The Morgan fingerprint density at radius 3 is 2.81 bits per heavy atom. The van der Waals surface area contributed by atoms with E-state index >= 15 is 0 Å². The van der Waals surface area contributed by atoms with Crippen LogP contribution in [0.1, 0.15) is 30.7 Å². The van der Waals surface area contributed by atoms with Crippen LogP contribution >= 0.6 is 35.0 Å². The molecule has 1 amide bonds. The van der Waals surface area contributed by atoms with Gasteiger partial charge in [0.05, 0.1) is 33.4 Å². The van der Waals surface area contributed by atoms with Gasteiger partial charge in [0.1, 0.15) is 10.8 Å². The fourth-order valence-electron chi connectivity index (χ4n) is 3.40. The minimum absolute atomic E-state index is 0.00586. The first-order chi connectivity index (χ1) is 12.4. The molecular weight excluding hydrogens is 393 g/mol. The maximum Gasteiger partial charge on any atom is 0.227 e. The van der Waals surface area contributed by atoms with Gasteiger partial charge in [-0.1, -0.05) is 47.1 Å². The summed E-state index contributed by atoms with van der Waals surface area (Å²) in [6.45, 7) is 0. The number of benzene rings is 1. The number of fused-ring (bicyclic) bond motifs is 1. The number of primary amides is 1. The number of hydrogen-bond acceptors (Lipinski definition) is 5. The second-order valence-corrected chi connectivity index (χ2v) is 7.86. The highest BCUT2D eigenvalue weighted by atomic mass is 35.5. The monoisotopic (exact) mass is 407 g/mol. The molecule has 26 heavy (non-hydrogen) atoms. The lowest BCUT2D eigenvalue weighted by molar-refractivity contribution is -0.122. The molecule has 1 aliphatic carbocycles. The summed E-state index contributed by atoms with van der Waals surface area (Å²) in [5.41, 5.74) is 6.91. The lowest BCUT2D eigenvalue weighted by Crippen LogP contribution is -2.37. The molecule has 2 N–H and O–H groups in total. The number of hydrogen-bond donors (Lipinski definition) is 1. The van der Waals surface area contributed by atoms with E-state index in [9.17, 15) is 14.9 Å². The number of thioether (sulfide) groups is 1. The van der Waals surface area contributed by atoms with Crippen molar-refractivity contribution in [2.75, 3.05) is 5.75 Å². The van der Waals surface area contributed by atoms with Crippen molar-refractivity contribution in [1.29, 1.82) is 5.26 Å². The van der Waals surface area contributed by atoms with Crippen molar-refractivity contribution in [2.45, 2.75) is 25.2 Å². The molecule has 0 radical (unpaired) electrons. The minimum Gasteiger partial charge on any atom is -0.369 e. The van der Waals surface area contributed by atoms with Gasteiger partial charge in [0.2, 0.25) is 5.91 Å². The van der Waals surface area contributed by atoms with Crippen LogP contribution in [0.3, 0.4) is 0 Å². The van der Waals surface area contributed by atoms with E-state index in [1.54, 1.807) is 18.2 Å². The van der Waals surface area contributed by atoms with Crippen molar-refractivity contribution in [3.8, 4) is 6.07 Å². The fraction of sp³-hybridized carbons (Fsp3) is 0.333. The van der Waals surface area contributed by atoms with Crippen LogP contribution in [0.25, 0.3) is 0 Å². The molecule has 1 aliphatic heterocycles. The Kier molecular flexibility index (Phi) is 5.71. The summed E-state index contributed by atoms with van der Waals surface area (Å²) in [5, 5.41) is 10.9. The molecule has 0 saturated heterocycles. The van der Waals surface area contributed by atoms with Crippen LogP contribution < -0.4 is 5.73 Å². The van der Waals surface area contributed by atoms with Gasteiger partial charge in [-0.15, -0.1) is 0 Å². The molecule has 1 heterocycles. The smallest absolute Gasteiger partial charge is 0.227 e. The number of aliphatic imine (C=N–C) groups is 1. The molecule has 0 bridgehead atoms. The van der Waals surface area contributed by atoms with Crippen molar-refractivity contribution in [3.05, 3.63) is 44.4 Å². The highest BCUT2D eigenvalue weighted by Gasteiger charge is 2.43. The van der Waals surface area contributed by atoms with Gasteiger partial charge >= 0.3 is 0 Å². The third-order valence-corrected chi connectivity index (χ3v) is 6.32. The van der Waals surface area contributed by atoms with Crippen LogP contribution in [0.5, 0.6) is 0 Å². The van der Waals surface area contributed by atoms with E-state index in [0.717, 1.165) is 23.9 Å². The lowest BCUT2D eigenvalue weighted by Gasteiger charge is -2.35. The number of ketones is 1. The summed E-state index contributed by atoms with van der Waals surface area (Å²) in [6, 6.07) is 7.35. The van der Waals surface area contributed by atoms with E-state index < -0.39 is 17.7 Å². The molecule has 1 aromatic carbocycles. The number of nitrogens with two attached hydrogens (primary N) is 1. The summed E-state index contributed by atoms with van der Waals surface area (Å²) in [4.78, 5) is 28.4. The minimum atomic E-state index is -0.554. The Balaban J connectivity index is 2.17. The molecule has 8 heteroatoms. The van der Waals surface area contributed by atoms with Crippen molar-refractivity contribution in [2.24, 2.45) is 16.6 Å². The summed E-state index contributed by atoms with van der Waals surface area (Å²) < 4.78 is 0. The van der Waals surface area contributed by atoms with Gasteiger partial charge in [0, 0.05) is 18.1 Å². The number of carbonyl (C=O) groups excluding carboxylic acids is 2. The molecule has 2 atom stereocenters. The standard InChI is InChI=1S/C18H15Cl2N3O2S/c19-11-4-1-3-9(17(11)20)15-10(7-21)18(26-8-14(22)25)23-12-5-2-6-13(24)16(12)15/h1,3-4,15-16H,2,5-6,8H2,(H2,22,25)/t15-,16-/m1/s1. The molecular formula is C18H15Cl2N3O2S. The third kappa shape index (κ3) is 3.52. The van der Waals surface area contributed by atoms with Gasteiger partial charge in [-0.2, -0.15) is 5.26 Å². The fourth-order valence-corrected chi connectivity index (χ4v) is 4.61. The summed E-state index contributed by atoms with van der Waals surface area (Å²) in [5.74, 6) is -1.53. The molecule has 0 unspecified atom stereocenters. The highest BCUT2D eigenvalue weighted by molar-refractivity contribution is 8.03. The molecule has 134 valence electrons. The number of nitrogens with zero attached hydrogens (tertiary/aromatic N) is 2. The number of allylic oxidation sites excluding steroid dienone is 1. The zero-order valence-electron chi connectivity index (χ0n) is 13.7. The van der Waals surface area contributed by atoms with Crippen molar-refractivity contribution in [1.82, 2.24) is 0 Å². The zero-order chi connectivity index (χ0) is 18.8. The van der Waals surface area contributed by atoms with E-state index in [1.165, 1.54) is 0 Å². The van der Waals surface area contributed by atoms with Gasteiger partial charge in [-0.25, -0.2) is 4.99 Å². The number of halogens is 2. The number of rotatable bonds is 4. The first-order valence-electron chi connectivity index (χ1n) is 8.03. The molecule has 1 aromatic rings. The third-order valence-electron chi connectivity index (χ3n) is 4.47. The Labute approximate surface area is 165 Å². The first-order valence-corrected chi connectivity index (χ1v) is 9.77. The SMILES string of the molecule is N#CC1=C(SCC(N)=O)N=C2CCCC(=O)[C@@H]2[C@@H]1c1cccc(Cl)c1Cl. The average Bonchev–Trinajstić information content (AvgIpc) is 2.61. The van der Waals surface area contributed by atoms with Crippen molar-refractivity contribution >= 4 is 52.4 Å². The molecule has 0 spiro atoms. The predicted octanol–water partition coefficient (Wildman–Crippen LogP) is 3.85. The average molecular weight is 408 g/mol. The van der Waals surface area contributed by atoms with Gasteiger partial charge in [-0.3, -0.25) is 9.59 Å². The largest absolute Gasteiger partial charge is 0.369 e. The van der Waals surface area contributed by atoms with E-state index in [-0.39, 0.29) is 11.5 Å². The number of carbonyl (C=O) groups is 2. The molecule has 3 rings (SSSR count). The van der Waals surface area contributed by atoms with Crippen LogP contribution in [0.4, 0.5) is 0 Å². The predicted molar refractivity (Wildman–Crippen MR) is 103 cm³/mol. The van der Waals surface area contributed by atoms with Gasteiger partial charge in [0.25, 0.3) is 0 Å². The van der Waals surface area contributed by atoms with Crippen LogP contribution in [-0.4, -0.2) is 23.2 Å². The Morgan fingerprint density at radius 1 is 1.35 bits per heavy atom. The van der Waals surface area contributed by atoms with Crippen molar-refractivity contribution < 1.29 is 9.59 Å². The summed E-state index contributed by atoms with van der Waals surface area (Å²) in [6.07, 6.45) is 1.84. The molecule has 0 aromatic heterocycles. The van der Waals surface area contributed by atoms with Crippen LogP contribution in [0.15, 0.2) is 33.8 Å². The molecule has 2 aliphatic rings. The van der Waals surface area contributed by atoms with E-state index in [0.29, 0.717) is 39.1 Å². The normalized spacial score (nSPS) is 22.5. The zero-order valence-corrected chi connectivity index (χ0v) is 16.0. The lowest BCUT2D eigenvalue weighted by atomic mass is 9.70. The van der Waals surface area contributed by atoms with Crippen molar-refractivity contribution in [3.63, 3.8) is 0 Å². The number of nitriles is 1. The topological polar surface area (TPSA) is 96.3 Å². The van der Waals surface area contributed by atoms with Crippen LogP contribution in [0.2, 0.25) is 10.0 Å². The van der Waals surface area contributed by atoms with Crippen LogP contribution in [-0.2, 0) is 9.59 Å². The maximum atomic E-state index is 12.7. The quantitative estimate of drug-likeness (QED) is 0.818. The second-order valence-electron chi connectivity index (χ2n) is 6.11. The second kappa shape index (κ2) is 7.83. The summed E-state index contributed by atoms with van der Waals surface area (Å²) in [7, 11) is 0. The highest BCUT2D eigenvalue weighted by Crippen LogP contribution is 2.47. The Bertz CT molecular complexity index is 889. The summed E-state index contributed by atoms with van der Waals surface area (Å²) >= 11 is 13.7. The Hall–Kier alpha value is -1.81. The van der Waals surface area contributed by atoms with Gasteiger partial charge < -0.3 is 5.73 Å². The van der Waals surface area contributed by atoms with Gasteiger partial charge in [-0.05, 0) is 24.5 Å². The van der Waals surface area contributed by atoms with E-state index in [2.05, 4.69) is 11.1 Å². The first kappa shape index (κ1) is 19.0. The van der Waals surface area contributed by atoms with E-state index in [4.69, 9.17) is 28.9 Å². The number of Topliss-reactive ketones (excluding diaryl/α,β-unsaturated/α-hetero) is 1. The van der Waals surface area contributed by atoms with E-state index in [1.807, 2.05) is 0 Å². The molecule has 1 saturated carbocycles. The Morgan fingerprint density at radius 2 is 2.12 bits per heavy atom. The molecule has 1 fully saturated rings. The number of amides is 1.